The molecule has 206 valence electrons. The Morgan fingerprint density at radius 3 is 2.77 bits per heavy atom. The Kier molecular flexibility index (Phi) is 7.63. The molecule has 9 nitrogen and oxygen atoms in total. The van der Waals surface area contributed by atoms with E-state index in [1.807, 2.05) is 40.2 Å². The minimum absolute atomic E-state index is 0.412. The maximum Gasteiger partial charge on any atom is 0.227 e. The first-order chi connectivity index (χ1) is 18.8. The maximum atomic E-state index is 10.9. The highest BCUT2D eigenvalue weighted by Gasteiger charge is 2.23. The molecule has 2 aromatic carbocycles. The van der Waals surface area contributed by atoms with Crippen molar-refractivity contribution in [3.05, 3.63) is 53.9 Å². The van der Waals surface area contributed by atoms with Gasteiger partial charge in [0.25, 0.3) is 0 Å². The van der Waals surface area contributed by atoms with Gasteiger partial charge in [-0.2, -0.15) is 0 Å². The number of methoxy groups -OCH3 is 1. The van der Waals surface area contributed by atoms with Gasteiger partial charge in [0.1, 0.15) is 5.75 Å². The Balaban J connectivity index is 1.54. The van der Waals surface area contributed by atoms with Gasteiger partial charge < -0.3 is 35.3 Å². The fourth-order valence-corrected chi connectivity index (χ4v) is 5.35. The molecule has 1 aliphatic heterocycles. The van der Waals surface area contributed by atoms with Gasteiger partial charge in [0.05, 0.1) is 41.5 Å². The molecule has 0 radical (unpaired) electrons. The van der Waals surface area contributed by atoms with E-state index in [1.165, 1.54) is 11.1 Å². The number of nitrogens with two attached hydrogens (primary N) is 1. The molecule has 9 heteroatoms. The second-order valence-electron chi connectivity index (χ2n) is 10.5. The maximum absolute atomic E-state index is 10.9. The standard InChI is InChI=1S/C30H39N7O2/c1-6-26(38)21-17-32-30(33-24-15-23(31)25(16-27(24)39-5)36(4)14-13-35(2)3)34-28(21)22-18-37-12-8-10-19-9-7-11-20(22)29(19)37/h7,9,11,15-18,26,38H,6,8,10,12-14,31H2,1-5H3,(H,32,33,34). The lowest BCUT2D eigenvalue weighted by Gasteiger charge is -2.24. The topological polar surface area (TPSA) is 105 Å². The number of hydrogen-bond donors (Lipinski definition) is 3. The summed E-state index contributed by atoms with van der Waals surface area (Å²) in [6, 6.07) is 10.3. The van der Waals surface area contributed by atoms with Gasteiger partial charge in [-0.1, -0.05) is 25.1 Å². The van der Waals surface area contributed by atoms with Crippen molar-refractivity contribution in [2.75, 3.05) is 57.3 Å². The summed E-state index contributed by atoms with van der Waals surface area (Å²) in [4.78, 5) is 13.8. The third-order valence-corrected chi connectivity index (χ3v) is 7.53. The van der Waals surface area contributed by atoms with Crippen molar-refractivity contribution in [1.29, 1.82) is 0 Å². The smallest absolute Gasteiger partial charge is 0.227 e. The second-order valence-corrected chi connectivity index (χ2v) is 10.5. The lowest BCUT2D eigenvalue weighted by Crippen LogP contribution is -2.29. The van der Waals surface area contributed by atoms with E-state index in [2.05, 4.69) is 49.1 Å². The minimum atomic E-state index is -0.664. The van der Waals surface area contributed by atoms with Crippen LogP contribution < -0.4 is 20.7 Å². The lowest BCUT2D eigenvalue weighted by molar-refractivity contribution is 0.173. The summed E-state index contributed by atoms with van der Waals surface area (Å²) in [5.41, 5.74) is 13.8. The second kappa shape index (κ2) is 11.1. The van der Waals surface area contributed by atoms with Crippen molar-refractivity contribution in [1.82, 2.24) is 19.4 Å². The van der Waals surface area contributed by atoms with Crippen molar-refractivity contribution in [2.24, 2.45) is 0 Å². The van der Waals surface area contributed by atoms with Gasteiger partial charge in [-0.25, -0.2) is 9.97 Å². The number of benzene rings is 2. The molecule has 1 aliphatic rings. The molecule has 4 N–H and O–H groups in total. The average molecular weight is 530 g/mol. The first kappa shape index (κ1) is 26.8. The number of aromatic nitrogens is 3. The van der Waals surface area contributed by atoms with Crippen molar-refractivity contribution < 1.29 is 9.84 Å². The zero-order valence-electron chi connectivity index (χ0n) is 23.5. The van der Waals surface area contributed by atoms with Gasteiger partial charge >= 0.3 is 0 Å². The van der Waals surface area contributed by atoms with Crippen LogP contribution in [0.3, 0.4) is 0 Å². The number of ether oxygens (including phenoxy) is 1. The normalized spacial score (nSPS) is 13.6. The number of anilines is 4. The summed E-state index contributed by atoms with van der Waals surface area (Å²) >= 11 is 0. The number of aliphatic hydroxyl groups is 1. The van der Waals surface area contributed by atoms with Gasteiger partial charge in [-0.15, -0.1) is 0 Å². The lowest BCUT2D eigenvalue weighted by atomic mass is 9.99. The zero-order chi connectivity index (χ0) is 27.7. The molecule has 1 unspecified atom stereocenters. The van der Waals surface area contributed by atoms with Crippen LogP contribution in [0.5, 0.6) is 5.75 Å². The SMILES string of the molecule is CCC(O)c1cnc(Nc2cc(N)c(N(C)CCN(C)C)cc2OC)nc1-c1cn2c3c(cccc13)CCC2. The fraction of sp³-hybridized carbons (Fsp3) is 0.400. The molecule has 0 bridgehead atoms. The molecule has 0 fully saturated rings. The van der Waals surface area contributed by atoms with Crippen LogP contribution in [0.1, 0.15) is 37.0 Å². The van der Waals surface area contributed by atoms with E-state index in [9.17, 15) is 5.11 Å². The Morgan fingerprint density at radius 1 is 1.21 bits per heavy atom. The van der Waals surface area contributed by atoms with Crippen LogP contribution in [0.25, 0.3) is 22.2 Å². The van der Waals surface area contributed by atoms with Gasteiger partial charge in [0.2, 0.25) is 5.95 Å². The Bertz CT molecular complexity index is 1480. The first-order valence-corrected chi connectivity index (χ1v) is 13.6. The number of rotatable bonds is 10. The van der Waals surface area contributed by atoms with Gasteiger partial charge in [0, 0.05) is 61.7 Å². The average Bonchev–Trinajstić information content (AvgIpc) is 3.32. The molecular formula is C30H39N7O2. The largest absolute Gasteiger partial charge is 0.494 e. The van der Waals surface area contributed by atoms with E-state index in [-0.39, 0.29) is 0 Å². The summed E-state index contributed by atoms with van der Waals surface area (Å²) in [6.45, 7) is 4.67. The van der Waals surface area contributed by atoms with Crippen LogP contribution in [0.2, 0.25) is 0 Å². The molecule has 0 aliphatic carbocycles. The number of aryl methyl sites for hydroxylation is 2. The van der Waals surface area contributed by atoms with Crippen molar-refractivity contribution in [2.45, 2.75) is 38.8 Å². The van der Waals surface area contributed by atoms with Crippen LogP contribution in [0, 0.1) is 0 Å². The number of nitrogen functional groups attached to an aromatic ring is 1. The van der Waals surface area contributed by atoms with E-state index in [4.69, 9.17) is 15.5 Å². The highest BCUT2D eigenvalue weighted by molar-refractivity contribution is 5.98. The molecule has 3 heterocycles. The predicted octanol–water partition coefficient (Wildman–Crippen LogP) is 4.82. The Hall–Kier alpha value is -3.82. The van der Waals surface area contributed by atoms with Gasteiger partial charge in [0.15, 0.2) is 0 Å². The summed E-state index contributed by atoms with van der Waals surface area (Å²) in [5, 5.41) is 15.4. The molecule has 4 aromatic rings. The highest BCUT2D eigenvalue weighted by Crippen LogP contribution is 2.39. The van der Waals surface area contributed by atoms with E-state index >= 15 is 0 Å². The molecule has 5 rings (SSSR count). The zero-order valence-corrected chi connectivity index (χ0v) is 23.5. The molecule has 0 saturated heterocycles. The summed E-state index contributed by atoms with van der Waals surface area (Å²) in [5.74, 6) is 1.06. The minimum Gasteiger partial charge on any atom is -0.494 e. The highest BCUT2D eigenvalue weighted by atomic mass is 16.5. The molecule has 2 aromatic heterocycles. The molecule has 0 spiro atoms. The molecule has 0 saturated carbocycles. The number of likely N-dealkylation sites (N-methyl/N-ethyl adjacent to an activating group) is 2. The summed E-state index contributed by atoms with van der Waals surface area (Å²) in [6.07, 6.45) is 5.99. The number of nitrogens with zero attached hydrogens (tertiary/aromatic N) is 5. The first-order valence-electron chi connectivity index (χ1n) is 13.6. The third kappa shape index (κ3) is 5.24. The Labute approximate surface area is 230 Å². The number of nitrogens with one attached hydrogen (secondary N) is 1. The fourth-order valence-electron chi connectivity index (χ4n) is 5.35. The molecule has 0 amide bonds. The summed E-state index contributed by atoms with van der Waals surface area (Å²) < 4.78 is 8.04. The predicted molar refractivity (Wildman–Crippen MR) is 159 cm³/mol. The van der Waals surface area contributed by atoms with Crippen molar-refractivity contribution >= 4 is 33.9 Å². The van der Waals surface area contributed by atoms with Crippen molar-refractivity contribution in [3.8, 4) is 17.0 Å². The monoisotopic (exact) mass is 529 g/mol. The number of hydrogen-bond acceptors (Lipinski definition) is 8. The van der Waals surface area contributed by atoms with Crippen LogP contribution in [0.4, 0.5) is 23.0 Å². The van der Waals surface area contributed by atoms with Gasteiger partial charge in [-0.05, 0) is 45.0 Å². The molecular weight excluding hydrogens is 490 g/mol. The Morgan fingerprint density at radius 2 is 2.03 bits per heavy atom. The molecule has 1 atom stereocenters. The van der Waals surface area contributed by atoms with Crippen LogP contribution in [-0.2, 0) is 13.0 Å². The van der Waals surface area contributed by atoms with Crippen molar-refractivity contribution in [3.63, 3.8) is 0 Å². The third-order valence-electron chi connectivity index (χ3n) is 7.53. The van der Waals surface area contributed by atoms with Crippen LogP contribution in [0.15, 0.2) is 42.7 Å². The van der Waals surface area contributed by atoms with Gasteiger partial charge in [-0.3, -0.25) is 0 Å². The summed E-state index contributed by atoms with van der Waals surface area (Å²) in [7, 11) is 7.76. The molecule has 39 heavy (non-hydrogen) atoms. The number of para-hydroxylation sites is 1. The van der Waals surface area contributed by atoms with Crippen LogP contribution in [-0.4, -0.2) is 65.9 Å². The van der Waals surface area contributed by atoms with E-state index in [0.29, 0.717) is 29.5 Å². The quantitative estimate of drug-likeness (QED) is 0.251. The van der Waals surface area contributed by atoms with E-state index < -0.39 is 6.10 Å². The van der Waals surface area contributed by atoms with E-state index in [1.54, 1.807) is 13.3 Å². The van der Waals surface area contributed by atoms with Crippen LogP contribution >= 0.6 is 0 Å². The number of aliphatic hydroxyl groups excluding tert-OH is 1. The van der Waals surface area contributed by atoms with E-state index in [0.717, 1.165) is 60.4 Å².